The zero-order chi connectivity index (χ0) is 14.0. The van der Waals surface area contributed by atoms with Crippen LogP contribution in [0.4, 0.5) is 0 Å². The van der Waals surface area contributed by atoms with Crippen LogP contribution in [0.5, 0.6) is 0 Å². The third-order valence-electron chi connectivity index (χ3n) is 4.11. The molecule has 1 heterocycles. The molecule has 3 unspecified atom stereocenters. The first-order chi connectivity index (χ1) is 8.91. The lowest BCUT2D eigenvalue weighted by atomic mass is 9.70. The first-order valence-corrected chi connectivity index (χ1v) is 7.70. The Bertz CT molecular complexity index is 469. The molecular weight excluding hydrogens is 256 g/mol. The molecular formula is C14H22N4S. The number of nitriles is 1. The van der Waals surface area contributed by atoms with E-state index in [-0.39, 0.29) is 5.92 Å². The highest BCUT2D eigenvalue weighted by molar-refractivity contribution is 7.99. The van der Waals surface area contributed by atoms with Crippen molar-refractivity contribution in [3.8, 4) is 6.07 Å². The summed E-state index contributed by atoms with van der Waals surface area (Å²) in [5.41, 5.74) is 0.319. The van der Waals surface area contributed by atoms with Crippen molar-refractivity contribution in [2.24, 2.45) is 24.3 Å². The molecule has 1 aliphatic carbocycles. The number of rotatable bonds is 2. The van der Waals surface area contributed by atoms with E-state index in [9.17, 15) is 5.26 Å². The monoisotopic (exact) mass is 278 g/mol. The molecule has 1 saturated carbocycles. The van der Waals surface area contributed by atoms with Crippen molar-refractivity contribution >= 4 is 11.8 Å². The van der Waals surface area contributed by atoms with Crippen LogP contribution in [0.15, 0.2) is 11.5 Å². The summed E-state index contributed by atoms with van der Waals surface area (Å²) in [5, 5.41) is 18.6. The minimum absolute atomic E-state index is 0.139. The van der Waals surface area contributed by atoms with E-state index >= 15 is 0 Å². The van der Waals surface area contributed by atoms with Gasteiger partial charge in [-0.05, 0) is 30.6 Å². The Hall–Kier alpha value is -1.02. The van der Waals surface area contributed by atoms with Gasteiger partial charge in [0.2, 0.25) is 0 Å². The second-order valence-corrected chi connectivity index (χ2v) is 7.70. The third-order valence-corrected chi connectivity index (χ3v) is 5.51. The van der Waals surface area contributed by atoms with E-state index in [4.69, 9.17) is 0 Å². The quantitative estimate of drug-likeness (QED) is 0.833. The predicted octanol–water partition coefficient (Wildman–Crippen LogP) is 3.26. The van der Waals surface area contributed by atoms with Gasteiger partial charge >= 0.3 is 0 Å². The molecule has 0 amide bonds. The SMILES string of the molecule is Cn1cnnc1SC1CC(C(C)(C)C)CCC1C#N. The molecule has 0 aliphatic heterocycles. The molecule has 2 rings (SSSR count). The predicted molar refractivity (Wildman–Crippen MR) is 76.5 cm³/mol. The molecule has 0 radical (unpaired) electrons. The zero-order valence-corrected chi connectivity index (χ0v) is 12.9. The summed E-state index contributed by atoms with van der Waals surface area (Å²) in [6, 6.07) is 2.48. The Morgan fingerprint density at radius 3 is 2.68 bits per heavy atom. The standard InChI is InChI=1S/C14H22N4S/c1-14(2,3)11-6-5-10(8-15)12(7-11)19-13-17-16-9-18(13)4/h9-12H,5-7H2,1-4H3. The maximum absolute atomic E-state index is 9.34. The van der Waals surface area contributed by atoms with Gasteiger partial charge in [-0.15, -0.1) is 10.2 Å². The number of nitrogens with zero attached hydrogens (tertiary/aromatic N) is 4. The summed E-state index contributed by atoms with van der Waals surface area (Å²) in [7, 11) is 1.95. The molecule has 1 aromatic rings. The lowest BCUT2D eigenvalue weighted by molar-refractivity contribution is 0.169. The van der Waals surface area contributed by atoms with Crippen LogP contribution in [0.3, 0.4) is 0 Å². The van der Waals surface area contributed by atoms with Crippen LogP contribution >= 0.6 is 11.8 Å². The van der Waals surface area contributed by atoms with Crippen molar-refractivity contribution in [1.82, 2.24) is 14.8 Å². The smallest absolute Gasteiger partial charge is 0.191 e. The minimum Gasteiger partial charge on any atom is -0.312 e. The fourth-order valence-corrected chi connectivity index (χ4v) is 3.98. The molecule has 3 atom stereocenters. The van der Waals surface area contributed by atoms with Crippen LogP contribution < -0.4 is 0 Å². The van der Waals surface area contributed by atoms with Gasteiger partial charge in [0.05, 0.1) is 12.0 Å². The van der Waals surface area contributed by atoms with Gasteiger partial charge in [-0.3, -0.25) is 0 Å². The summed E-state index contributed by atoms with van der Waals surface area (Å²) in [5.74, 6) is 0.822. The number of thioether (sulfide) groups is 1. The van der Waals surface area contributed by atoms with E-state index in [2.05, 4.69) is 37.0 Å². The van der Waals surface area contributed by atoms with Gasteiger partial charge in [-0.2, -0.15) is 5.26 Å². The van der Waals surface area contributed by atoms with E-state index in [1.165, 1.54) is 0 Å². The maximum atomic E-state index is 9.34. The van der Waals surface area contributed by atoms with Crippen molar-refractivity contribution in [2.75, 3.05) is 0 Å². The summed E-state index contributed by atoms with van der Waals surface area (Å²) in [6.07, 6.45) is 4.98. The van der Waals surface area contributed by atoms with E-state index in [0.717, 1.165) is 24.4 Å². The summed E-state index contributed by atoms with van der Waals surface area (Å²) < 4.78 is 1.93. The topological polar surface area (TPSA) is 54.5 Å². The normalized spacial score (nSPS) is 28.1. The van der Waals surface area contributed by atoms with Crippen molar-refractivity contribution in [1.29, 1.82) is 5.26 Å². The Morgan fingerprint density at radius 2 is 2.16 bits per heavy atom. The van der Waals surface area contributed by atoms with E-state index in [0.29, 0.717) is 16.6 Å². The molecule has 4 nitrogen and oxygen atoms in total. The van der Waals surface area contributed by atoms with Gasteiger partial charge in [0.15, 0.2) is 5.16 Å². The summed E-state index contributed by atoms with van der Waals surface area (Å²) in [6.45, 7) is 6.90. The fraction of sp³-hybridized carbons (Fsp3) is 0.786. The first-order valence-electron chi connectivity index (χ1n) is 6.82. The van der Waals surface area contributed by atoms with Gasteiger partial charge in [0.25, 0.3) is 0 Å². The zero-order valence-electron chi connectivity index (χ0n) is 12.1. The van der Waals surface area contributed by atoms with E-state index < -0.39 is 0 Å². The molecule has 0 aromatic carbocycles. The fourth-order valence-electron chi connectivity index (χ4n) is 2.71. The van der Waals surface area contributed by atoms with Gasteiger partial charge in [0, 0.05) is 12.3 Å². The van der Waals surface area contributed by atoms with Crippen molar-refractivity contribution < 1.29 is 0 Å². The van der Waals surface area contributed by atoms with Crippen LogP contribution in [-0.4, -0.2) is 20.0 Å². The van der Waals surface area contributed by atoms with Crippen molar-refractivity contribution in [3.05, 3.63) is 6.33 Å². The van der Waals surface area contributed by atoms with Crippen molar-refractivity contribution in [3.63, 3.8) is 0 Å². The number of aromatic nitrogens is 3. The second-order valence-electron chi connectivity index (χ2n) is 6.49. The average molecular weight is 278 g/mol. The van der Waals surface area contributed by atoms with E-state index in [1.54, 1.807) is 18.1 Å². The number of hydrogen-bond acceptors (Lipinski definition) is 4. The summed E-state index contributed by atoms with van der Waals surface area (Å²) in [4.78, 5) is 0. The Morgan fingerprint density at radius 1 is 1.42 bits per heavy atom. The molecule has 1 aliphatic rings. The number of aryl methyl sites for hydroxylation is 1. The van der Waals surface area contributed by atoms with E-state index in [1.807, 2.05) is 11.6 Å². The number of hydrogen-bond donors (Lipinski definition) is 0. The molecule has 104 valence electrons. The lowest BCUT2D eigenvalue weighted by Gasteiger charge is -2.39. The van der Waals surface area contributed by atoms with Crippen LogP contribution in [-0.2, 0) is 7.05 Å². The lowest BCUT2D eigenvalue weighted by Crippen LogP contribution is -2.33. The molecule has 19 heavy (non-hydrogen) atoms. The summed E-state index contributed by atoms with van der Waals surface area (Å²) >= 11 is 1.72. The molecule has 1 aromatic heterocycles. The molecule has 0 saturated heterocycles. The van der Waals surface area contributed by atoms with Crippen LogP contribution in [0.25, 0.3) is 0 Å². The Kier molecular flexibility index (Phi) is 4.19. The van der Waals surface area contributed by atoms with Gasteiger partial charge < -0.3 is 4.57 Å². The molecule has 0 spiro atoms. The van der Waals surface area contributed by atoms with Crippen molar-refractivity contribution in [2.45, 2.75) is 50.4 Å². The van der Waals surface area contributed by atoms with Gasteiger partial charge in [-0.1, -0.05) is 32.5 Å². The first kappa shape index (κ1) is 14.4. The third kappa shape index (κ3) is 3.30. The highest BCUT2D eigenvalue weighted by Gasteiger charge is 2.37. The second kappa shape index (κ2) is 5.54. The van der Waals surface area contributed by atoms with Gasteiger partial charge in [-0.25, -0.2) is 0 Å². The largest absolute Gasteiger partial charge is 0.312 e. The molecule has 5 heteroatoms. The highest BCUT2D eigenvalue weighted by atomic mass is 32.2. The van der Waals surface area contributed by atoms with Crippen LogP contribution in [0.1, 0.15) is 40.0 Å². The van der Waals surface area contributed by atoms with Crippen LogP contribution in [0, 0.1) is 28.6 Å². The molecule has 0 N–H and O–H groups in total. The maximum Gasteiger partial charge on any atom is 0.191 e. The van der Waals surface area contributed by atoms with Gasteiger partial charge in [0.1, 0.15) is 6.33 Å². The minimum atomic E-state index is 0.139. The average Bonchev–Trinajstić information content (AvgIpc) is 2.74. The highest BCUT2D eigenvalue weighted by Crippen LogP contribution is 2.45. The Labute approximate surface area is 119 Å². The molecule has 0 bridgehead atoms. The van der Waals surface area contributed by atoms with Crippen LogP contribution in [0.2, 0.25) is 0 Å². The molecule has 1 fully saturated rings. The Balaban J connectivity index is 2.11.